The van der Waals surface area contributed by atoms with Gasteiger partial charge in [0.25, 0.3) is 0 Å². The SMILES string of the molecule is C[C@@H](C(=O)NC[C@@H]1COc2ccccc2C1)S(C)(=O)=O. The van der Waals surface area contributed by atoms with Crippen LogP contribution in [0.4, 0.5) is 0 Å². The van der Waals surface area contributed by atoms with Gasteiger partial charge >= 0.3 is 0 Å². The third-order valence-electron chi connectivity index (χ3n) is 3.53. The summed E-state index contributed by atoms with van der Waals surface area (Å²) in [6.45, 7) is 2.36. The van der Waals surface area contributed by atoms with Crippen LogP contribution in [0, 0.1) is 5.92 Å². The monoisotopic (exact) mass is 297 g/mol. The lowest BCUT2D eigenvalue weighted by Gasteiger charge is -2.25. The molecule has 0 radical (unpaired) electrons. The molecular formula is C14H19NO4S. The Labute approximate surface area is 119 Å². The van der Waals surface area contributed by atoms with Crippen LogP contribution in [0.15, 0.2) is 24.3 Å². The summed E-state index contributed by atoms with van der Waals surface area (Å²) in [6.07, 6.45) is 1.89. The van der Waals surface area contributed by atoms with Crippen molar-refractivity contribution in [1.82, 2.24) is 5.32 Å². The van der Waals surface area contributed by atoms with Gasteiger partial charge < -0.3 is 10.1 Å². The summed E-state index contributed by atoms with van der Waals surface area (Å²) in [5.41, 5.74) is 1.12. The average Bonchev–Trinajstić information content (AvgIpc) is 2.42. The highest BCUT2D eigenvalue weighted by Gasteiger charge is 2.25. The van der Waals surface area contributed by atoms with E-state index in [0.717, 1.165) is 24.0 Å². The third-order valence-corrected chi connectivity index (χ3v) is 5.03. The van der Waals surface area contributed by atoms with Crippen LogP contribution >= 0.6 is 0 Å². The molecule has 2 rings (SSSR count). The van der Waals surface area contributed by atoms with Gasteiger partial charge in [-0.3, -0.25) is 4.79 Å². The van der Waals surface area contributed by atoms with Crippen molar-refractivity contribution in [2.24, 2.45) is 5.92 Å². The zero-order chi connectivity index (χ0) is 14.8. The Morgan fingerprint density at radius 2 is 2.15 bits per heavy atom. The molecule has 1 aliphatic rings. The van der Waals surface area contributed by atoms with Crippen LogP contribution in [0.1, 0.15) is 12.5 Å². The van der Waals surface area contributed by atoms with Gasteiger partial charge in [-0.25, -0.2) is 8.42 Å². The molecule has 0 aromatic heterocycles. The second-order valence-electron chi connectivity index (χ2n) is 5.21. The van der Waals surface area contributed by atoms with Crippen molar-refractivity contribution in [3.63, 3.8) is 0 Å². The molecule has 1 amide bonds. The zero-order valence-corrected chi connectivity index (χ0v) is 12.4. The van der Waals surface area contributed by atoms with Crippen molar-refractivity contribution in [3.8, 4) is 5.75 Å². The largest absolute Gasteiger partial charge is 0.493 e. The van der Waals surface area contributed by atoms with E-state index < -0.39 is 21.0 Å². The molecule has 20 heavy (non-hydrogen) atoms. The predicted molar refractivity (Wildman–Crippen MR) is 76.4 cm³/mol. The number of nitrogens with one attached hydrogen (secondary N) is 1. The van der Waals surface area contributed by atoms with Crippen LogP contribution in [0.2, 0.25) is 0 Å². The van der Waals surface area contributed by atoms with Crippen molar-refractivity contribution in [1.29, 1.82) is 0 Å². The van der Waals surface area contributed by atoms with Crippen molar-refractivity contribution in [2.75, 3.05) is 19.4 Å². The van der Waals surface area contributed by atoms with Crippen LogP contribution in [0.3, 0.4) is 0 Å². The van der Waals surface area contributed by atoms with Gasteiger partial charge in [-0.05, 0) is 25.0 Å². The highest BCUT2D eigenvalue weighted by atomic mass is 32.2. The topological polar surface area (TPSA) is 72.5 Å². The molecule has 0 spiro atoms. The molecule has 1 N–H and O–H groups in total. The van der Waals surface area contributed by atoms with E-state index in [2.05, 4.69) is 5.32 Å². The molecule has 0 aliphatic carbocycles. The summed E-state index contributed by atoms with van der Waals surface area (Å²) in [5.74, 6) is 0.603. The van der Waals surface area contributed by atoms with E-state index in [1.54, 1.807) is 0 Å². The maximum atomic E-state index is 11.7. The number of hydrogen-bond acceptors (Lipinski definition) is 4. The first-order valence-corrected chi connectivity index (χ1v) is 8.50. The lowest BCUT2D eigenvalue weighted by atomic mass is 9.97. The van der Waals surface area contributed by atoms with E-state index in [-0.39, 0.29) is 5.92 Å². The fourth-order valence-electron chi connectivity index (χ4n) is 2.11. The number of carbonyl (C=O) groups is 1. The summed E-state index contributed by atoms with van der Waals surface area (Å²) in [7, 11) is -3.35. The fourth-order valence-corrected chi connectivity index (χ4v) is 2.58. The number of hydrogen-bond donors (Lipinski definition) is 1. The molecule has 1 aliphatic heterocycles. The second-order valence-corrected chi connectivity index (χ2v) is 7.57. The molecule has 1 aromatic carbocycles. The number of fused-ring (bicyclic) bond motifs is 1. The van der Waals surface area contributed by atoms with E-state index in [4.69, 9.17) is 4.74 Å². The van der Waals surface area contributed by atoms with Gasteiger partial charge in [-0.2, -0.15) is 0 Å². The summed E-state index contributed by atoms with van der Waals surface area (Å²) in [5, 5.41) is 1.68. The Balaban J connectivity index is 1.89. The number of carbonyl (C=O) groups excluding carboxylic acids is 1. The number of para-hydroxylation sites is 1. The maximum absolute atomic E-state index is 11.7. The number of sulfone groups is 1. The van der Waals surface area contributed by atoms with Crippen LogP contribution in [-0.2, 0) is 21.1 Å². The predicted octanol–water partition coefficient (Wildman–Crippen LogP) is 0.787. The molecule has 0 fully saturated rings. The first-order valence-electron chi connectivity index (χ1n) is 6.55. The molecule has 1 aromatic rings. The van der Waals surface area contributed by atoms with E-state index in [0.29, 0.717) is 13.2 Å². The molecule has 0 unspecified atom stereocenters. The van der Waals surface area contributed by atoms with Gasteiger partial charge in [0.2, 0.25) is 5.91 Å². The Kier molecular flexibility index (Phi) is 4.32. The summed E-state index contributed by atoms with van der Waals surface area (Å²) >= 11 is 0. The van der Waals surface area contributed by atoms with Gasteiger partial charge in [0, 0.05) is 18.7 Å². The minimum Gasteiger partial charge on any atom is -0.493 e. The van der Waals surface area contributed by atoms with E-state index >= 15 is 0 Å². The normalized spacial score (nSPS) is 19.6. The van der Waals surface area contributed by atoms with Crippen molar-refractivity contribution in [2.45, 2.75) is 18.6 Å². The number of rotatable bonds is 4. The molecule has 0 saturated carbocycles. The zero-order valence-electron chi connectivity index (χ0n) is 11.6. The molecule has 6 heteroatoms. The molecule has 0 bridgehead atoms. The quantitative estimate of drug-likeness (QED) is 0.891. The van der Waals surface area contributed by atoms with Gasteiger partial charge in [-0.1, -0.05) is 18.2 Å². The third kappa shape index (κ3) is 3.50. The number of ether oxygens (including phenoxy) is 1. The van der Waals surface area contributed by atoms with E-state index in [1.165, 1.54) is 6.92 Å². The molecular weight excluding hydrogens is 278 g/mol. The summed E-state index contributed by atoms with van der Waals surface area (Å²) in [6, 6.07) is 7.81. The summed E-state index contributed by atoms with van der Waals surface area (Å²) in [4.78, 5) is 11.7. The maximum Gasteiger partial charge on any atom is 0.238 e. The van der Waals surface area contributed by atoms with Gasteiger partial charge in [0.15, 0.2) is 9.84 Å². The number of amides is 1. The Bertz CT molecular complexity index is 597. The summed E-state index contributed by atoms with van der Waals surface area (Å²) < 4.78 is 28.2. The van der Waals surface area contributed by atoms with Gasteiger partial charge in [0.05, 0.1) is 6.61 Å². The van der Waals surface area contributed by atoms with Gasteiger partial charge in [0.1, 0.15) is 11.0 Å². The average molecular weight is 297 g/mol. The standard InChI is InChI=1S/C14H19NO4S/c1-10(20(2,17)18)14(16)15-8-11-7-12-5-3-4-6-13(12)19-9-11/h3-6,10-11H,7-9H2,1-2H3,(H,15,16)/t10-,11+/m0/s1. The molecule has 1 heterocycles. The highest BCUT2D eigenvalue weighted by Crippen LogP contribution is 2.26. The second kappa shape index (κ2) is 5.83. The van der Waals surface area contributed by atoms with Crippen molar-refractivity contribution >= 4 is 15.7 Å². The minimum atomic E-state index is -3.35. The van der Waals surface area contributed by atoms with Crippen LogP contribution in [0.25, 0.3) is 0 Å². The molecule has 2 atom stereocenters. The van der Waals surface area contributed by atoms with Crippen molar-refractivity contribution in [3.05, 3.63) is 29.8 Å². The van der Waals surface area contributed by atoms with Gasteiger partial charge in [-0.15, -0.1) is 0 Å². The molecule has 5 nitrogen and oxygen atoms in total. The fraction of sp³-hybridized carbons (Fsp3) is 0.500. The molecule has 110 valence electrons. The lowest BCUT2D eigenvalue weighted by Crippen LogP contribution is -2.41. The Morgan fingerprint density at radius 3 is 2.85 bits per heavy atom. The van der Waals surface area contributed by atoms with E-state index in [9.17, 15) is 13.2 Å². The Hall–Kier alpha value is -1.56. The van der Waals surface area contributed by atoms with Crippen LogP contribution in [-0.4, -0.2) is 39.0 Å². The van der Waals surface area contributed by atoms with Crippen LogP contribution < -0.4 is 10.1 Å². The smallest absolute Gasteiger partial charge is 0.238 e. The van der Waals surface area contributed by atoms with E-state index in [1.807, 2.05) is 24.3 Å². The minimum absolute atomic E-state index is 0.167. The Morgan fingerprint density at radius 1 is 1.45 bits per heavy atom. The first-order chi connectivity index (χ1) is 9.38. The molecule has 0 saturated heterocycles. The number of benzene rings is 1. The van der Waals surface area contributed by atoms with Crippen LogP contribution in [0.5, 0.6) is 5.75 Å². The van der Waals surface area contributed by atoms with Crippen molar-refractivity contribution < 1.29 is 17.9 Å². The lowest BCUT2D eigenvalue weighted by molar-refractivity contribution is -0.120. The highest BCUT2D eigenvalue weighted by molar-refractivity contribution is 7.92. The first kappa shape index (κ1) is 14.8.